The normalized spacial score (nSPS) is 15.1. The summed E-state index contributed by atoms with van der Waals surface area (Å²) in [6.45, 7) is 6.82. The van der Waals surface area contributed by atoms with Crippen LogP contribution in [0.4, 0.5) is 0 Å². The lowest BCUT2D eigenvalue weighted by Crippen LogP contribution is -2.37. The first kappa shape index (κ1) is 28.1. The number of nitrogens with zero attached hydrogens (tertiary/aromatic N) is 6. The highest BCUT2D eigenvalue weighted by molar-refractivity contribution is 5.96. The maximum atomic E-state index is 13.6. The Labute approximate surface area is 239 Å². The molecule has 0 spiro atoms. The molecule has 3 aromatic heterocycles. The molecular weight excluding hydrogens is 520 g/mol. The maximum Gasteiger partial charge on any atom is 0.259 e. The van der Waals surface area contributed by atoms with Gasteiger partial charge in [0.2, 0.25) is 5.91 Å². The molecule has 4 aromatic rings. The van der Waals surface area contributed by atoms with Crippen LogP contribution in [0.2, 0.25) is 0 Å². The van der Waals surface area contributed by atoms with Crippen molar-refractivity contribution in [1.29, 1.82) is 0 Å². The molecule has 0 saturated heterocycles. The largest absolute Gasteiger partial charge is 0.492 e. The van der Waals surface area contributed by atoms with Crippen molar-refractivity contribution in [3.8, 4) is 17.1 Å². The number of amides is 2. The number of hydrogen-bond donors (Lipinski definition) is 0. The summed E-state index contributed by atoms with van der Waals surface area (Å²) in [6.07, 6.45) is 9.72. The van der Waals surface area contributed by atoms with E-state index in [1.165, 1.54) is 0 Å². The van der Waals surface area contributed by atoms with E-state index in [0.29, 0.717) is 56.3 Å². The number of carbonyl (C=O) groups excluding carboxylic acids is 2. The molecule has 1 aliphatic heterocycles. The first-order chi connectivity index (χ1) is 20.0. The van der Waals surface area contributed by atoms with Crippen LogP contribution in [0.3, 0.4) is 0 Å². The quantitative estimate of drug-likeness (QED) is 0.370. The topological polar surface area (TPSA) is 107 Å². The van der Waals surface area contributed by atoms with Gasteiger partial charge in [-0.2, -0.15) is 0 Å². The molecule has 0 saturated carbocycles. The van der Waals surface area contributed by atoms with Crippen molar-refractivity contribution in [3.05, 3.63) is 83.8 Å². The van der Waals surface area contributed by atoms with Gasteiger partial charge in [0.1, 0.15) is 29.5 Å². The second-order valence-corrected chi connectivity index (χ2v) is 10.3. The second-order valence-electron chi connectivity index (χ2n) is 10.3. The van der Waals surface area contributed by atoms with Gasteiger partial charge in [0, 0.05) is 56.5 Å². The molecule has 0 fully saturated rings. The van der Waals surface area contributed by atoms with E-state index in [4.69, 9.17) is 9.26 Å². The highest BCUT2D eigenvalue weighted by atomic mass is 16.5. The van der Waals surface area contributed by atoms with Crippen LogP contribution in [0, 0.1) is 13.8 Å². The Morgan fingerprint density at radius 2 is 1.76 bits per heavy atom. The Morgan fingerprint density at radius 3 is 2.54 bits per heavy atom. The molecule has 4 heterocycles. The molecule has 0 N–H and O–H groups in total. The summed E-state index contributed by atoms with van der Waals surface area (Å²) < 4.78 is 13.5. The van der Waals surface area contributed by atoms with Gasteiger partial charge in [-0.05, 0) is 56.9 Å². The minimum absolute atomic E-state index is 0.0268. The number of aromatic nitrogens is 4. The lowest BCUT2D eigenvalue weighted by atomic mass is 10.1. The van der Waals surface area contributed by atoms with Crippen LogP contribution in [-0.2, 0) is 17.8 Å². The number of fused-ring (bicyclic) bond motifs is 4. The summed E-state index contributed by atoms with van der Waals surface area (Å²) in [5.41, 5.74) is 2.95. The van der Waals surface area contributed by atoms with Crippen LogP contribution in [0.25, 0.3) is 11.4 Å². The molecule has 2 bridgehead atoms. The minimum atomic E-state index is -0.0735. The van der Waals surface area contributed by atoms with Gasteiger partial charge in [-0.25, -0.2) is 4.98 Å². The standard InChI is InChI=1S/C31H36N6O4/c1-23-29(24(2)41-34-23)31(39)37-14-4-3-13-35(28(38)20-25-8-6-11-32-22-25)18-19-40-27-10-5-9-26(21-27)30-33-12-17-36(30)15-7-16-37/h5-6,8-12,17,21-22H,3-4,7,13-16,18-20H2,1-2H3. The molecule has 1 aliphatic rings. The molecule has 0 atom stereocenters. The van der Waals surface area contributed by atoms with Crippen LogP contribution in [0.15, 0.2) is 65.7 Å². The summed E-state index contributed by atoms with van der Waals surface area (Å²) in [7, 11) is 0. The SMILES string of the molecule is Cc1noc(C)c1C(=O)N1CCCCN(C(=O)Cc2cccnc2)CCOc2cccc(c2)-c2nccn2CCC1. The molecule has 10 nitrogen and oxygen atoms in total. The number of hydrogen-bond acceptors (Lipinski definition) is 7. The molecule has 1 aromatic carbocycles. The third-order valence-electron chi connectivity index (χ3n) is 7.34. The zero-order valence-corrected chi connectivity index (χ0v) is 23.7. The van der Waals surface area contributed by atoms with Gasteiger partial charge < -0.3 is 23.6 Å². The van der Waals surface area contributed by atoms with Gasteiger partial charge in [-0.1, -0.05) is 23.4 Å². The Hall–Kier alpha value is -4.47. The Balaban J connectivity index is 1.37. The van der Waals surface area contributed by atoms with Crippen LogP contribution < -0.4 is 4.74 Å². The number of aryl methyl sites for hydroxylation is 3. The second kappa shape index (κ2) is 13.3. The van der Waals surface area contributed by atoms with E-state index in [2.05, 4.69) is 19.7 Å². The zero-order valence-electron chi connectivity index (χ0n) is 23.7. The van der Waals surface area contributed by atoms with Crippen molar-refractivity contribution in [2.45, 2.75) is 46.1 Å². The lowest BCUT2D eigenvalue weighted by Gasteiger charge is -2.25. The van der Waals surface area contributed by atoms with E-state index in [1.54, 1.807) is 32.4 Å². The number of benzene rings is 1. The van der Waals surface area contributed by atoms with E-state index in [1.807, 2.05) is 52.4 Å². The van der Waals surface area contributed by atoms with Crippen molar-refractivity contribution >= 4 is 11.8 Å². The summed E-state index contributed by atoms with van der Waals surface area (Å²) in [6, 6.07) is 11.6. The van der Waals surface area contributed by atoms with Gasteiger partial charge in [0.05, 0.1) is 18.7 Å². The summed E-state index contributed by atoms with van der Waals surface area (Å²) in [4.78, 5) is 39.4. The fraction of sp³-hybridized carbons (Fsp3) is 0.387. The van der Waals surface area contributed by atoms with E-state index >= 15 is 0 Å². The fourth-order valence-electron chi connectivity index (χ4n) is 5.20. The van der Waals surface area contributed by atoms with E-state index in [9.17, 15) is 9.59 Å². The van der Waals surface area contributed by atoms with Crippen molar-refractivity contribution in [2.24, 2.45) is 0 Å². The molecule has 5 rings (SSSR count). The molecule has 10 heteroatoms. The number of pyridine rings is 1. The number of ether oxygens (including phenoxy) is 1. The molecule has 2 amide bonds. The highest BCUT2D eigenvalue weighted by Gasteiger charge is 2.24. The van der Waals surface area contributed by atoms with Crippen LogP contribution in [0.5, 0.6) is 5.75 Å². The van der Waals surface area contributed by atoms with Crippen molar-refractivity contribution in [2.75, 3.05) is 32.8 Å². The van der Waals surface area contributed by atoms with Gasteiger partial charge in [0.25, 0.3) is 5.91 Å². The molecule has 41 heavy (non-hydrogen) atoms. The van der Waals surface area contributed by atoms with Gasteiger partial charge in [-0.3, -0.25) is 14.6 Å². The van der Waals surface area contributed by atoms with Crippen molar-refractivity contribution < 1.29 is 18.8 Å². The zero-order chi connectivity index (χ0) is 28.6. The lowest BCUT2D eigenvalue weighted by molar-refractivity contribution is -0.131. The predicted octanol–water partition coefficient (Wildman–Crippen LogP) is 4.33. The van der Waals surface area contributed by atoms with Gasteiger partial charge in [-0.15, -0.1) is 0 Å². The first-order valence-electron chi connectivity index (χ1n) is 14.1. The molecule has 214 valence electrons. The number of carbonyl (C=O) groups is 2. The van der Waals surface area contributed by atoms with Crippen LogP contribution in [0.1, 0.15) is 46.6 Å². The molecular formula is C31H36N6O4. The Morgan fingerprint density at radius 1 is 0.927 bits per heavy atom. The van der Waals surface area contributed by atoms with E-state index < -0.39 is 0 Å². The Kier molecular flexibility index (Phi) is 9.08. The van der Waals surface area contributed by atoms with Crippen LogP contribution in [-0.4, -0.2) is 74.1 Å². The smallest absolute Gasteiger partial charge is 0.259 e. The highest BCUT2D eigenvalue weighted by Crippen LogP contribution is 2.24. The van der Waals surface area contributed by atoms with E-state index in [-0.39, 0.29) is 18.2 Å². The first-order valence-corrected chi connectivity index (χ1v) is 14.1. The fourth-order valence-corrected chi connectivity index (χ4v) is 5.20. The Bertz CT molecular complexity index is 1440. The van der Waals surface area contributed by atoms with Gasteiger partial charge >= 0.3 is 0 Å². The average Bonchev–Trinajstić information content (AvgIpc) is 3.58. The third kappa shape index (κ3) is 7.00. The summed E-state index contributed by atoms with van der Waals surface area (Å²) in [5, 5.41) is 3.99. The molecule has 0 unspecified atom stereocenters. The summed E-state index contributed by atoms with van der Waals surface area (Å²) in [5.74, 6) is 2.06. The van der Waals surface area contributed by atoms with Gasteiger partial charge in [0.15, 0.2) is 0 Å². The summed E-state index contributed by atoms with van der Waals surface area (Å²) >= 11 is 0. The van der Waals surface area contributed by atoms with E-state index in [0.717, 1.165) is 42.0 Å². The maximum absolute atomic E-state index is 13.6. The average molecular weight is 557 g/mol. The molecule has 0 radical (unpaired) electrons. The van der Waals surface area contributed by atoms with Crippen molar-refractivity contribution in [3.63, 3.8) is 0 Å². The monoisotopic (exact) mass is 556 g/mol. The predicted molar refractivity (Wildman–Crippen MR) is 153 cm³/mol. The van der Waals surface area contributed by atoms with Crippen molar-refractivity contribution in [1.82, 2.24) is 29.5 Å². The molecule has 0 aliphatic carbocycles. The number of imidazole rings is 1. The number of rotatable bonds is 3. The van der Waals surface area contributed by atoms with Crippen LogP contribution >= 0.6 is 0 Å². The minimum Gasteiger partial charge on any atom is -0.492 e. The third-order valence-corrected chi connectivity index (χ3v) is 7.34.